The molecule has 0 N–H and O–H groups in total. The molecule has 0 saturated heterocycles. The number of nitriles is 2. The van der Waals surface area contributed by atoms with Crippen LogP contribution in [-0.4, -0.2) is 72.1 Å². The number of carbonyl (C=O) groups is 4. The first kappa shape index (κ1) is 46.5. The van der Waals surface area contributed by atoms with Crippen molar-refractivity contribution in [1.82, 2.24) is 9.80 Å². The number of amides is 4. The zero-order valence-corrected chi connectivity index (χ0v) is 35.3. The van der Waals surface area contributed by atoms with Crippen LogP contribution in [0.3, 0.4) is 0 Å². The number of hydrogen-bond acceptors (Lipinski definition) is 12. The summed E-state index contributed by atoms with van der Waals surface area (Å²) in [5, 5.41) is 34.2. The van der Waals surface area contributed by atoms with Crippen LogP contribution in [0.5, 0.6) is 11.5 Å². The molecule has 0 unspecified atom stereocenters. The van der Waals surface area contributed by atoms with Crippen molar-refractivity contribution in [2.45, 2.75) is 17.8 Å². The van der Waals surface area contributed by atoms with E-state index in [9.17, 15) is 19.2 Å². The monoisotopic (exact) mass is 940 g/mol. The van der Waals surface area contributed by atoms with E-state index in [1.165, 1.54) is 24.3 Å². The molecule has 2 aliphatic rings. The van der Waals surface area contributed by atoms with Gasteiger partial charge in [-0.1, -0.05) is 12.1 Å². The average Bonchev–Trinajstić information content (AvgIpc) is 3.72. The van der Waals surface area contributed by atoms with Gasteiger partial charge in [0.05, 0.1) is 81.4 Å². The molecule has 20 heteroatoms. The molecule has 4 amide bonds. The second-order valence-corrected chi connectivity index (χ2v) is 15.2. The second-order valence-electron chi connectivity index (χ2n) is 15.2. The Bertz CT molecular complexity index is 2930. The summed E-state index contributed by atoms with van der Waals surface area (Å²) < 4.78 is 103. The van der Waals surface area contributed by atoms with E-state index in [2.05, 4.69) is 20.5 Å². The van der Waals surface area contributed by atoms with Crippen molar-refractivity contribution in [2.75, 3.05) is 26.3 Å². The highest BCUT2D eigenvalue weighted by Crippen LogP contribution is 2.57. The SMILES string of the molecule is N#Cc1ccc(N=Nc2ccc(OCCN3C(=O)c4ccc(C(c5ccc6c(c5)C(=O)N(CCOc5ccc(N=Nc7ccc(C#N)cc7)cc5)C6=O)(C(F)(F)F)C(F)(F)F)cc4C3=O)cc2)cc1. The lowest BCUT2D eigenvalue weighted by Crippen LogP contribution is -2.55. The number of carbonyl (C=O) groups excluding carboxylic acids is 4. The third kappa shape index (κ3) is 9.10. The van der Waals surface area contributed by atoms with Crippen molar-refractivity contribution < 1.29 is 55.0 Å². The summed E-state index contributed by atoms with van der Waals surface area (Å²) in [4.78, 5) is 54.9. The Morgan fingerprint density at radius 2 is 0.739 bits per heavy atom. The zero-order valence-electron chi connectivity index (χ0n) is 35.3. The molecule has 14 nitrogen and oxygen atoms in total. The minimum Gasteiger partial charge on any atom is -0.492 e. The summed E-state index contributed by atoms with van der Waals surface area (Å²) in [6.07, 6.45) is -12.3. The van der Waals surface area contributed by atoms with Crippen molar-refractivity contribution in [3.8, 4) is 23.6 Å². The smallest absolute Gasteiger partial charge is 0.411 e. The zero-order chi connectivity index (χ0) is 49.1. The van der Waals surface area contributed by atoms with Crippen LogP contribution >= 0.6 is 0 Å². The topological polar surface area (TPSA) is 190 Å². The number of alkyl halides is 6. The summed E-state index contributed by atoms with van der Waals surface area (Å²) in [5.74, 6) is -3.71. The van der Waals surface area contributed by atoms with E-state index in [1.807, 2.05) is 12.1 Å². The Kier molecular flexibility index (Phi) is 12.6. The van der Waals surface area contributed by atoms with E-state index in [0.29, 0.717) is 80.1 Å². The van der Waals surface area contributed by atoms with Crippen molar-refractivity contribution in [3.05, 3.63) is 178 Å². The maximum absolute atomic E-state index is 15.3. The normalized spacial score (nSPS) is 13.8. The number of ether oxygens (including phenoxy) is 2. The van der Waals surface area contributed by atoms with Gasteiger partial charge in [-0.2, -0.15) is 57.3 Å². The summed E-state index contributed by atoms with van der Waals surface area (Å²) >= 11 is 0. The molecule has 6 aromatic carbocycles. The molecule has 0 aromatic heterocycles. The first-order valence-corrected chi connectivity index (χ1v) is 20.5. The summed E-state index contributed by atoms with van der Waals surface area (Å²) in [6, 6.07) is 32.1. The van der Waals surface area contributed by atoms with E-state index in [-0.39, 0.29) is 24.7 Å². The number of rotatable bonds is 14. The van der Waals surface area contributed by atoms with E-state index < -0.39 is 87.9 Å². The standard InChI is InChI=1S/C49H30F6N8O6/c50-48(51,52)47(49(53,54)55,31-5-19-39-41(25-31)45(66)62(43(39)64)21-23-68-37-15-11-35(12-16-37)60-58-33-7-1-29(27-56)2-8-33)32-6-20-40-42(26-32)46(67)63(44(40)65)22-24-69-38-17-13-36(14-18-38)61-59-34-9-3-30(28-57)4-10-34/h1-20,25-26H,21-24H2. The molecule has 0 bridgehead atoms. The lowest BCUT2D eigenvalue weighted by atomic mass is 9.71. The van der Waals surface area contributed by atoms with Gasteiger partial charge in [0.1, 0.15) is 24.7 Å². The van der Waals surface area contributed by atoms with Crippen molar-refractivity contribution in [1.29, 1.82) is 10.5 Å². The van der Waals surface area contributed by atoms with Crippen LogP contribution in [0.15, 0.2) is 154 Å². The summed E-state index contributed by atoms with van der Waals surface area (Å²) in [7, 11) is 0. The van der Waals surface area contributed by atoms with Gasteiger partial charge in [-0.15, -0.1) is 0 Å². The summed E-state index contributed by atoms with van der Waals surface area (Å²) in [5.41, 5.74) is -7.29. The molecule has 6 aromatic rings. The van der Waals surface area contributed by atoms with E-state index >= 15 is 26.3 Å². The van der Waals surface area contributed by atoms with Gasteiger partial charge in [-0.25, -0.2) is 0 Å². The first-order chi connectivity index (χ1) is 33.0. The van der Waals surface area contributed by atoms with Crippen LogP contribution in [-0.2, 0) is 5.41 Å². The molecule has 0 fully saturated rings. The predicted molar refractivity (Wildman–Crippen MR) is 231 cm³/mol. The molecule has 0 spiro atoms. The molecule has 69 heavy (non-hydrogen) atoms. The average molecular weight is 941 g/mol. The van der Waals surface area contributed by atoms with Crippen LogP contribution < -0.4 is 9.47 Å². The number of halogens is 6. The molecule has 0 radical (unpaired) electrons. The highest BCUT2D eigenvalue weighted by molar-refractivity contribution is 6.22. The van der Waals surface area contributed by atoms with Gasteiger partial charge in [0, 0.05) is 0 Å². The Balaban J connectivity index is 0.946. The number of imide groups is 2. The van der Waals surface area contributed by atoms with E-state index in [4.69, 9.17) is 20.0 Å². The van der Waals surface area contributed by atoms with Gasteiger partial charge in [0.15, 0.2) is 0 Å². The fourth-order valence-corrected chi connectivity index (χ4v) is 7.60. The number of azo groups is 2. The molecular weight excluding hydrogens is 911 g/mol. The fraction of sp³-hybridized carbons (Fsp3) is 0.143. The number of fused-ring (bicyclic) bond motifs is 2. The fourth-order valence-electron chi connectivity index (χ4n) is 7.60. The number of hydrogen-bond donors (Lipinski definition) is 0. The number of benzene rings is 6. The van der Waals surface area contributed by atoms with Gasteiger partial charge >= 0.3 is 12.4 Å². The van der Waals surface area contributed by atoms with Crippen LogP contribution in [0.1, 0.15) is 63.7 Å². The highest BCUT2D eigenvalue weighted by atomic mass is 19.4. The molecule has 344 valence electrons. The lowest BCUT2D eigenvalue weighted by Gasteiger charge is -2.38. The molecule has 0 aliphatic carbocycles. The van der Waals surface area contributed by atoms with E-state index in [1.54, 1.807) is 72.8 Å². The minimum absolute atomic E-state index is 0.279. The van der Waals surface area contributed by atoms with E-state index in [0.717, 1.165) is 0 Å². The molecular formula is C49H30F6N8O6. The molecule has 0 atom stereocenters. The van der Waals surface area contributed by atoms with Gasteiger partial charge in [0.2, 0.25) is 5.41 Å². The number of nitrogens with zero attached hydrogens (tertiary/aromatic N) is 8. The quantitative estimate of drug-likeness (QED) is 0.0585. The van der Waals surface area contributed by atoms with Crippen molar-refractivity contribution in [3.63, 3.8) is 0 Å². The van der Waals surface area contributed by atoms with Gasteiger partial charge in [-0.05, 0) is 132 Å². The van der Waals surface area contributed by atoms with Crippen LogP contribution in [0.2, 0.25) is 0 Å². The Labute approximate surface area is 387 Å². The Morgan fingerprint density at radius 3 is 1.04 bits per heavy atom. The molecule has 2 aliphatic heterocycles. The first-order valence-electron chi connectivity index (χ1n) is 20.5. The van der Waals surface area contributed by atoms with Gasteiger partial charge < -0.3 is 9.47 Å². The Hall–Kier alpha value is -9.04. The second kappa shape index (κ2) is 18.7. The van der Waals surface area contributed by atoms with Gasteiger partial charge in [0.25, 0.3) is 23.6 Å². The van der Waals surface area contributed by atoms with Crippen LogP contribution in [0.4, 0.5) is 49.1 Å². The highest BCUT2D eigenvalue weighted by Gasteiger charge is 2.73. The minimum atomic E-state index is -6.15. The molecule has 0 saturated carbocycles. The third-order valence-corrected chi connectivity index (χ3v) is 11.1. The van der Waals surface area contributed by atoms with Crippen molar-refractivity contribution >= 4 is 46.4 Å². The third-order valence-electron chi connectivity index (χ3n) is 11.1. The Morgan fingerprint density at radius 1 is 0.435 bits per heavy atom. The predicted octanol–water partition coefficient (Wildman–Crippen LogP) is 11.0. The summed E-state index contributed by atoms with van der Waals surface area (Å²) in [6.45, 7) is -1.44. The van der Waals surface area contributed by atoms with Crippen LogP contribution in [0, 0.1) is 22.7 Å². The van der Waals surface area contributed by atoms with Crippen molar-refractivity contribution in [2.24, 2.45) is 20.5 Å². The maximum Gasteiger partial charge on any atom is 0.411 e. The molecule has 8 rings (SSSR count). The largest absolute Gasteiger partial charge is 0.492 e. The van der Waals surface area contributed by atoms with Crippen LogP contribution in [0.25, 0.3) is 0 Å². The lowest BCUT2D eigenvalue weighted by molar-refractivity contribution is -0.288. The maximum atomic E-state index is 15.3. The van der Waals surface area contributed by atoms with Gasteiger partial charge in [-0.3, -0.25) is 29.0 Å². The molecule has 2 heterocycles.